The fraction of sp³-hybridized carbons (Fsp3) is 0.438. The van der Waals surface area contributed by atoms with Crippen LogP contribution in [0.3, 0.4) is 0 Å². The Morgan fingerprint density at radius 1 is 1.20 bits per heavy atom. The zero-order chi connectivity index (χ0) is 13.9. The van der Waals surface area contributed by atoms with Gasteiger partial charge in [0, 0.05) is 28.6 Å². The van der Waals surface area contributed by atoms with Gasteiger partial charge in [-0.2, -0.15) is 0 Å². The summed E-state index contributed by atoms with van der Waals surface area (Å²) in [6, 6.07) is 6.94. The predicted octanol–water partition coefficient (Wildman–Crippen LogP) is 5.20. The molecule has 0 bridgehead atoms. The van der Waals surface area contributed by atoms with E-state index in [0.29, 0.717) is 6.04 Å². The van der Waals surface area contributed by atoms with Crippen LogP contribution in [0.5, 0.6) is 0 Å². The molecule has 20 heavy (non-hydrogen) atoms. The fourth-order valence-electron chi connectivity index (χ4n) is 3.00. The molecule has 106 valence electrons. The molecule has 1 aromatic carbocycles. The number of hydrogen-bond donors (Lipinski definition) is 1. The number of aromatic nitrogens is 2. The number of benzene rings is 1. The van der Waals surface area contributed by atoms with E-state index in [4.69, 9.17) is 0 Å². The fourth-order valence-corrected chi connectivity index (χ4v) is 3.61. The number of hydrogen-bond acceptors (Lipinski definition) is 2. The molecule has 0 spiro atoms. The number of nitrogens with zero attached hydrogens (tertiary/aromatic N) is 2. The van der Waals surface area contributed by atoms with Crippen molar-refractivity contribution in [3.63, 3.8) is 0 Å². The van der Waals surface area contributed by atoms with E-state index in [0.717, 1.165) is 16.1 Å². The first-order valence-corrected chi connectivity index (χ1v) is 8.09. The minimum absolute atomic E-state index is 0.599. The monoisotopic (exact) mass is 333 g/mol. The molecule has 1 saturated carbocycles. The van der Waals surface area contributed by atoms with Crippen LogP contribution in [0.2, 0.25) is 0 Å². The molecule has 0 saturated heterocycles. The topological polar surface area (TPSA) is 29.9 Å². The minimum Gasteiger partial charge on any atom is -0.326 e. The molecule has 4 heteroatoms. The summed E-state index contributed by atoms with van der Waals surface area (Å²) in [5.41, 5.74) is 2.32. The predicted molar refractivity (Wildman–Crippen MR) is 86.5 cm³/mol. The minimum atomic E-state index is 0.599. The zero-order valence-corrected chi connectivity index (χ0v) is 13.4. The second kappa shape index (κ2) is 6.00. The molecule has 3 nitrogen and oxygen atoms in total. The molecule has 2 aromatic rings. The molecule has 0 atom stereocenters. The van der Waals surface area contributed by atoms with Gasteiger partial charge in [-0.15, -0.1) is 0 Å². The summed E-state index contributed by atoms with van der Waals surface area (Å²) in [5, 5.41) is 3.45. The number of anilines is 2. The SMILES string of the molecule is Cc1cc(Br)cc(Nc2nccn2C2CCCCC2)c1. The van der Waals surface area contributed by atoms with Gasteiger partial charge in [0.25, 0.3) is 0 Å². The molecule has 1 fully saturated rings. The molecule has 0 amide bonds. The van der Waals surface area contributed by atoms with Crippen molar-refractivity contribution >= 4 is 27.6 Å². The third kappa shape index (κ3) is 3.06. The standard InChI is InChI=1S/C16H20BrN3/c1-12-9-13(17)11-14(10-12)19-16-18-7-8-20(16)15-5-3-2-4-6-15/h7-11,15H,2-6H2,1H3,(H,18,19). The maximum Gasteiger partial charge on any atom is 0.207 e. The van der Waals surface area contributed by atoms with E-state index in [-0.39, 0.29) is 0 Å². The number of halogens is 1. The Morgan fingerprint density at radius 3 is 2.75 bits per heavy atom. The molecule has 0 unspecified atom stereocenters. The van der Waals surface area contributed by atoms with E-state index in [1.165, 1.54) is 37.7 Å². The highest BCUT2D eigenvalue weighted by Gasteiger charge is 2.17. The number of imidazole rings is 1. The first-order valence-electron chi connectivity index (χ1n) is 7.29. The molecule has 3 rings (SSSR count). The highest BCUT2D eigenvalue weighted by molar-refractivity contribution is 9.10. The Kier molecular flexibility index (Phi) is 4.10. The van der Waals surface area contributed by atoms with Gasteiger partial charge >= 0.3 is 0 Å². The molecule has 1 aromatic heterocycles. The van der Waals surface area contributed by atoms with Gasteiger partial charge in [-0.3, -0.25) is 0 Å². The largest absolute Gasteiger partial charge is 0.326 e. The average Bonchev–Trinajstić information content (AvgIpc) is 2.86. The van der Waals surface area contributed by atoms with Crippen molar-refractivity contribution in [3.05, 3.63) is 40.6 Å². The van der Waals surface area contributed by atoms with Gasteiger partial charge < -0.3 is 9.88 Å². The van der Waals surface area contributed by atoms with Crippen LogP contribution < -0.4 is 5.32 Å². The van der Waals surface area contributed by atoms with Crippen LogP contribution in [0.1, 0.15) is 43.7 Å². The van der Waals surface area contributed by atoms with Crippen molar-refractivity contribution in [1.29, 1.82) is 0 Å². The summed E-state index contributed by atoms with van der Waals surface area (Å²) in [5.74, 6) is 0.953. The highest BCUT2D eigenvalue weighted by atomic mass is 79.9. The maximum absolute atomic E-state index is 4.48. The van der Waals surface area contributed by atoms with E-state index >= 15 is 0 Å². The second-order valence-electron chi connectivity index (χ2n) is 5.59. The highest BCUT2D eigenvalue weighted by Crippen LogP contribution is 2.31. The second-order valence-corrected chi connectivity index (χ2v) is 6.51. The van der Waals surface area contributed by atoms with E-state index in [1.54, 1.807) is 0 Å². The molecule has 1 heterocycles. The van der Waals surface area contributed by atoms with E-state index in [2.05, 4.69) is 62.1 Å². The summed E-state index contributed by atoms with van der Waals surface area (Å²) in [6.45, 7) is 2.10. The van der Waals surface area contributed by atoms with Crippen LogP contribution in [-0.2, 0) is 0 Å². The molecular weight excluding hydrogens is 314 g/mol. The van der Waals surface area contributed by atoms with Crippen LogP contribution in [0, 0.1) is 6.92 Å². The van der Waals surface area contributed by atoms with Crippen molar-refractivity contribution in [2.45, 2.75) is 45.1 Å². The number of rotatable bonds is 3. The van der Waals surface area contributed by atoms with E-state index in [9.17, 15) is 0 Å². The van der Waals surface area contributed by atoms with Crippen molar-refractivity contribution in [1.82, 2.24) is 9.55 Å². The van der Waals surface area contributed by atoms with E-state index in [1.807, 2.05) is 6.20 Å². The average molecular weight is 334 g/mol. The Labute approximate surface area is 128 Å². The number of nitrogens with one attached hydrogen (secondary N) is 1. The maximum atomic E-state index is 4.48. The Morgan fingerprint density at radius 2 is 2.00 bits per heavy atom. The van der Waals surface area contributed by atoms with Crippen molar-refractivity contribution < 1.29 is 0 Å². The first kappa shape index (κ1) is 13.7. The van der Waals surface area contributed by atoms with Crippen molar-refractivity contribution in [3.8, 4) is 0 Å². The summed E-state index contributed by atoms with van der Waals surface area (Å²) in [4.78, 5) is 4.48. The summed E-state index contributed by atoms with van der Waals surface area (Å²) in [6.07, 6.45) is 10.6. The molecule has 0 aliphatic heterocycles. The lowest BCUT2D eigenvalue weighted by molar-refractivity contribution is 0.356. The van der Waals surface area contributed by atoms with Crippen LogP contribution in [0.4, 0.5) is 11.6 Å². The van der Waals surface area contributed by atoms with Gasteiger partial charge in [-0.05, 0) is 43.5 Å². The molecular formula is C16H20BrN3. The van der Waals surface area contributed by atoms with Gasteiger partial charge in [-0.25, -0.2) is 4.98 Å². The van der Waals surface area contributed by atoms with Crippen LogP contribution >= 0.6 is 15.9 Å². The Bertz CT molecular complexity index is 565. The van der Waals surface area contributed by atoms with Crippen LogP contribution in [0.25, 0.3) is 0 Å². The lowest BCUT2D eigenvalue weighted by Gasteiger charge is -2.24. The Hall–Kier alpha value is -1.29. The van der Waals surface area contributed by atoms with Gasteiger partial charge in [0.1, 0.15) is 0 Å². The third-order valence-electron chi connectivity index (χ3n) is 3.94. The van der Waals surface area contributed by atoms with Gasteiger partial charge in [0.05, 0.1) is 0 Å². The summed E-state index contributed by atoms with van der Waals surface area (Å²) in [7, 11) is 0. The van der Waals surface area contributed by atoms with Gasteiger partial charge in [0.2, 0.25) is 5.95 Å². The first-order chi connectivity index (χ1) is 9.72. The molecule has 0 radical (unpaired) electrons. The Balaban J connectivity index is 1.82. The lowest BCUT2D eigenvalue weighted by atomic mass is 9.95. The summed E-state index contributed by atoms with van der Waals surface area (Å²) < 4.78 is 3.39. The smallest absolute Gasteiger partial charge is 0.207 e. The quantitative estimate of drug-likeness (QED) is 0.836. The van der Waals surface area contributed by atoms with Gasteiger partial charge in [0.15, 0.2) is 0 Å². The third-order valence-corrected chi connectivity index (χ3v) is 4.39. The van der Waals surface area contributed by atoms with Crippen molar-refractivity contribution in [2.24, 2.45) is 0 Å². The summed E-state index contributed by atoms with van der Waals surface area (Å²) >= 11 is 3.54. The molecule has 1 aliphatic rings. The molecule has 1 aliphatic carbocycles. The number of aryl methyl sites for hydroxylation is 1. The van der Waals surface area contributed by atoms with Crippen molar-refractivity contribution in [2.75, 3.05) is 5.32 Å². The normalized spacial score (nSPS) is 16.3. The van der Waals surface area contributed by atoms with Crippen LogP contribution in [-0.4, -0.2) is 9.55 Å². The van der Waals surface area contributed by atoms with E-state index < -0.39 is 0 Å². The molecule has 1 N–H and O–H groups in total. The zero-order valence-electron chi connectivity index (χ0n) is 11.8. The van der Waals surface area contributed by atoms with Gasteiger partial charge in [-0.1, -0.05) is 35.2 Å². The van der Waals surface area contributed by atoms with Crippen LogP contribution in [0.15, 0.2) is 35.1 Å². The lowest BCUT2D eigenvalue weighted by Crippen LogP contribution is -2.14.